The van der Waals surface area contributed by atoms with Crippen LogP contribution in [0.5, 0.6) is 0 Å². The highest BCUT2D eigenvalue weighted by atomic mass is 35.5. The monoisotopic (exact) mass is 209 g/mol. The average Bonchev–Trinajstić information content (AvgIpc) is 2.14. The number of halogens is 1. The van der Waals surface area contributed by atoms with Crippen molar-refractivity contribution in [2.24, 2.45) is 11.7 Å². The summed E-state index contributed by atoms with van der Waals surface area (Å²) in [6.45, 7) is 4.89. The Hall–Kier alpha value is -0.790. The molecule has 0 spiro atoms. The molecule has 1 nitrogen and oxygen atoms in total. The van der Waals surface area contributed by atoms with Crippen molar-refractivity contribution in [3.63, 3.8) is 0 Å². The summed E-state index contributed by atoms with van der Waals surface area (Å²) in [5.74, 6) is 0.485. The Morgan fingerprint density at radius 3 is 2.71 bits per heavy atom. The van der Waals surface area contributed by atoms with Crippen LogP contribution in [0.4, 0.5) is 0 Å². The summed E-state index contributed by atoms with van der Waals surface area (Å²) in [5, 5.41) is 0.763. The second-order valence-corrected chi connectivity index (χ2v) is 4.07. The third kappa shape index (κ3) is 3.17. The lowest BCUT2D eigenvalue weighted by Gasteiger charge is -2.08. The molecule has 1 aromatic carbocycles. The quantitative estimate of drug-likeness (QED) is 0.812. The fourth-order valence-corrected chi connectivity index (χ4v) is 1.47. The predicted molar refractivity (Wildman–Crippen MR) is 63.3 cm³/mol. The number of rotatable bonds is 3. The van der Waals surface area contributed by atoms with Crippen LogP contribution in [0.2, 0.25) is 5.02 Å². The van der Waals surface area contributed by atoms with E-state index in [0.29, 0.717) is 12.5 Å². The van der Waals surface area contributed by atoms with E-state index >= 15 is 0 Å². The van der Waals surface area contributed by atoms with Crippen molar-refractivity contribution in [2.45, 2.75) is 13.8 Å². The van der Waals surface area contributed by atoms with E-state index in [9.17, 15) is 0 Å². The van der Waals surface area contributed by atoms with Crippen molar-refractivity contribution >= 4 is 17.7 Å². The summed E-state index contributed by atoms with van der Waals surface area (Å²) in [4.78, 5) is 0. The third-order valence-electron chi connectivity index (χ3n) is 2.18. The molecule has 0 bridgehead atoms. The van der Waals surface area contributed by atoms with E-state index in [-0.39, 0.29) is 0 Å². The summed E-state index contributed by atoms with van der Waals surface area (Å²) in [7, 11) is 0. The standard InChI is InChI=1S/C12H16ClN/c1-9(2)11(8-14)6-10-4-3-5-12(13)7-10/h3-7,9H,8,14H2,1-2H3. The normalized spacial score (nSPS) is 12.2. The first kappa shape index (κ1) is 11.3. The van der Waals surface area contributed by atoms with Crippen molar-refractivity contribution in [1.82, 2.24) is 0 Å². The number of hydrogen-bond donors (Lipinski definition) is 1. The van der Waals surface area contributed by atoms with Gasteiger partial charge >= 0.3 is 0 Å². The highest BCUT2D eigenvalue weighted by Gasteiger charge is 2.00. The molecule has 2 heteroatoms. The lowest BCUT2D eigenvalue weighted by molar-refractivity contribution is 0.753. The second kappa shape index (κ2) is 5.18. The average molecular weight is 210 g/mol. The molecule has 0 amide bonds. The molecule has 1 aromatic rings. The summed E-state index contributed by atoms with van der Waals surface area (Å²) in [6.07, 6.45) is 2.11. The molecule has 0 atom stereocenters. The van der Waals surface area contributed by atoms with Gasteiger partial charge < -0.3 is 5.73 Å². The van der Waals surface area contributed by atoms with Crippen LogP contribution < -0.4 is 5.73 Å². The molecular formula is C12H16ClN. The van der Waals surface area contributed by atoms with Gasteiger partial charge in [0.2, 0.25) is 0 Å². The molecule has 0 aromatic heterocycles. The fourth-order valence-electron chi connectivity index (χ4n) is 1.27. The molecule has 76 valence electrons. The van der Waals surface area contributed by atoms with Gasteiger partial charge in [-0.1, -0.05) is 49.2 Å². The van der Waals surface area contributed by atoms with Crippen LogP contribution in [0, 0.1) is 5.92 Å². The van der Waals surface area contributed by atoms with Crippen LogP contribution in [-0.4, -0.2) is 6.54 Å². The molecule has 0 aliphatic heterocycles. The van der Waals surface area contributed by atoms with Crippen LogP contribution in [0.1, 0.15) is 19.4 Å². The van der Waals surface area contributed by atoms with Crippen molar-refractivity contribution in [3.05, 3.63) is 40.4 Å². The zero-order valence-corrected chi connectivity index (χ0v) is 9.38. The van der Waals surface area contributed by atoms with Gasteiger partial charge in [-0.15, -0.1) is 0 Å². The van der Waals surface area contributed by atoms with Gasteiger partial charge in [-0.3, -0.25) is 0 Å². The van der Waals surface area contributed by atoms with Crippen LogP contribution >= 0.6 is 11.6 Å². The lowest BCUT2D eigenvalue weighted by atomic mass is 10.0. The first-order valence-electron chi connectivity index (χ1n) is 4.79. The zero-order chi connectivity index (χ0) is 10.6. The molecule has 0 aliphatic carbocycles. The van der Waals surface area contributed by atoms with Gasteiger partial charge in [0, 0.05) is 11.6 Å². The maximum Gasteiger partial charge on any atom is 0.0411 e. The minimum absolute atomic E-state index is 0.485. The van der Waals surface area contributed by atoms with Gasteiger partial charge in [0.25, 0.3) is 0 Å². The SMILES string of the molecule is CC(C)C(=Cc1cccc(Cl)c1)CN. The Morgan fingerprint density at radius 2 is 2.21 bits per heavy atom. The predicted octanol–water partition coefficient (Wildman–Crippen LogP) is 3.34. The van der Waals surface area contributed by atoms with Crippen molar-refractivity contribution < 1.29 is 0 Å². The Labute approximate surface area is 90.6 Å². The van der Waals surface area contributed by atoms with E-state index in [1.54, 1.807) is 0 Å². The summed E-state index contributed by atoms with van der Waals surface area (Å²) in [5.41, 5.74) is 8.02. The van der Waals surface area contributed by atoms with E-state index in [4.69, 9.17) is 17.3 Å². The summed E-state index contributed by atoms with van der Waals surface area (Å²) >= 11 is 5.89. The molecule has 1 rings (SSSR count). The van der Waals surface area contributed by atoms with E-state index in [1.807, 2.05) is 24.3 Å². The first-order chi connectivity index (χ1) is 6.63. The Morgan fingerprint density at radius 1 is 1.50 bits per heavy atom. The van der Waals surface area contributed by atoms with Gasteiger partial charge in [-0.2, -0.15) is 0 Å². The molecule has 0 heterocycles. The number of hydrogen-bond acceptors (Lipinski definition) is 1. The Balaban J connectivity index is 2.94. The maximum atomic E-state index is 5.89. The highest BCUT2D eigenvalue weighted by molar-refractivity contribution is 6.30. The van der Waals surface area contributed by atoms with Gasteiger partial charge in [-0.05, 0) is 23.6 Å². The number of nitrogens with two attached hydrogens (primary N) is 1. The lowest BCUT2D eigenvalue weighted by Crippen LogP contribution is -2.08. The highest BCUT2D eigenvalue weighted by Crippen LogP contribution is 2.16. The van der Waals surface area contributed by atoms with Crippen molar-refractivity contribution in [1.29, 1.82) is 0 Å². The minimum Gasteiger partial charge on any atom is -0.327 e. The van der Waals surface area contributed by atoms with E-state index in [2.05, 4.69) is 19.9 Å². The van der Waals surface area contributed by atoms with Gasteiger partial charge in [0.1, 0.15) is 0 Å². The van der Waals surface area contributed by atoms with E-state index in [0.717, 1.165) is 10.6 Å². The third-order valence-corrected chi connectivity index (χ3v) is 2.41. The Bertz CT molecular complexity index is 329. The van der Waals surface area contributed by atoms with Crippen LogP contribution in [0.3, 0.4) is 0 Å². The van der Waals surface area contributed by atoms with Crippen LogP contribution in [-0.2, 0) is 0 Å². The fraction of sp³-hybridized carbons (Fsp3) is 0.333. The Kier molecular flexibility index (Phi) is 4.18. The maximum absolute atomic E-state index is 5.89. The molecule has 2 N–H and O–H groups in total. The molecule has 0 unspecified atom stereocenters. The van der Waals surface area contributed by atoms with E-state index < -0.39 is 0 Å². The van der Waals surface area contributed by atoms with Crippen molar-refractivity contribution in [3.8, 4) is 0 Å². The smallest absolute Gasteiger partial charge is 0.0411 e. The number of benzene rings is 1. The van der Waals surface area contributed by atoms with Gasteiger partial charge in [-0.25, -0.2) is 0 Å². The van der Waals surface area contributed by atoms with E-state index in [1.165, 1.54) is 5.57 Å². The first-order valence-corrected chi connectivity index (χ1v) is 5.17. The minimum atomic E-state index is 0.485. The molecule has 14 heavy (non-hydrogen) atoms. The summed E-state index contributed by atoms with van der Waals surface area (Å²) in [6, 6.07) is 7.79. The molecule has 0 saturated carbocycles. The molecular weight excluding hydrogens is 194 g/mol. The van der Waals surface area contributed by atoms with Crippen LogP contribution in [0.25, 0.3) is 6.08 Å². The molecule has 0 saturated heterocycles. The second-order valence-electron chi connectivity index (χ2n) is 3.63. The largest absolute Gasteiger partial charge is 0.327 e. The van der Waals surface area contributed by atoms with Gasteiger partial charge in [0.05, 0.1) is 0 Å². The summed E-state index contributed by atoms with van der Waals surface area (Å²) < 4.78 is 0. The molecule has 0 fully saturated rings. The van der Waals surface area contributed by atoms with Crippen molar-refractivity contribution in [2.75, 3.05) is 6.54 Å². The zero-order valence-electron chi connectivity index (χ0n) is 8.63. The van der Waals surface area contributed by atoms with Crippen LogP contribution in [0.15, 0.2) is 29.8 Å². The van der Waals surface area contributed by atoms with Gasteiger partial charge in [0.15, 0.2) is 0 Å². The topological polar surface area (TPSA) is 26.0 Å². The molecule has 0 radical (unpaired) electrons. The molecule has 0 aliphatic rings.